The van der Waals surface area contributed by atoms with Crippen molar-refractivity contribution >= 4 is 0 Å². The van der Waals surface area contributed by atoms with Crippen molar-refractivity contribution in [3.63, 3.8) is 0 Å². The van der Waals surface area contributed by atoms with Crippen LogP contribution >= 0.6 is 0 Å². The topological polar surface area (TPSA) is 18.5 Å². The summed E-state index contributed by atoms with van der Waals surface area (Å²) in [5.41, 5.74) is 0. The van der Waals surface area contributed by atoms with Crippen molar-refractivity contribution in [3.05, 3.63) is 0 Å². The van der Waals surface area contributed by atoms with Crippen LogP contribution in [0.5, 0.6) is 0 Å². The molecule has 1 N–H and O–H groups in total. The molecule has 3 heteroatoms. The summed E-state index contributed by atoms with van der Waals surface area (Å²) < 4.78 is 0. The molecule has 2 heterocycles. The maximum absolute atomic E-state index is 3.48. The Bertz CT molecular complexity index is 250. The third-order valence-electron chi connectivity index (χ3n) is 5.17. The van der Waals surface area contributed by atoms with Crippen molar-refractivity contribution < 1.29 is 0 Å². The van der Waals surface area contributed by atoms with Gasteiger partial charge in [-0.2, -0.15) is 0 Å². The fraction of sp³-hybridized carbons (Fsp3) is 1.00. The second-order valence-electron chi connectivity index (χ2n) is 6.29. The molecule has 0 aromatic rings. The lowest BCUT2D eigenvalue weighted by Crippen LogP contribution is -2.50. The normalized spacial score (nSPS) is 37.9. The Kier molecular flexibility index (Phi) is 3.42. The average molecular weight is 237 g/mol. The van der Waals surface area contributed by atoms with Crippen LogP contribution < -0.4 is 5.32 Å². The zero-order valence-corrected chi connectivity index (χ0v) is 11.4. The van der Waals surface area contributed by atoms with Gasteiger partial charge in [0.15, 0.2) is 0 Å². The van der Waals surface area contributed by atoms with Crippen molar-refractivity contribution in [2.45, 2.75) is 62.7 Å². The molecule has 0 spiro atoms. The molecule has 0 radical (unpaired) electrons. The molecule has 3 nitrogen and oxygen atoms in total. The molecule has 98 valence electrons. The second kappa shape index (κ2) is 4.87. The van der Waals surface area contributed by atoms with E-state index in [1.54, 1.807) is 0 Å². The van der Waals surface area contributed by atoms with Crippen LogP contribution in [0.3, 0.4) is 0 Å². The number of rotatable bonds is 5. The molecule has 3 aliphatic rings. The first kappa shape index (κ1) is 11.9. The smallest absolute Gasteiger partial charge is 0.0115 e. The van der Waals surface area contributed by atoms with Gasteiger partial charge in [-0.3, -0.25) is 4.90 Å². The zero-order valence-electron chi connectivity index (χ0n) is 11.4. The Hall–Kier alpha value is -0.120. The number of piperidine rings is 1. The van der Waals surface area contributed by atoms with Crippen LogP contribution in [0, 0.1) is 0 Å². The van der Waals surface area contributed by atoms with Gasteiger partial charge < -0.3 is 10.2 Å². The minimum Gasteiger partial charge on any atom is -0.317 e. The fourth-order valence-electron chi connectivity index (χ4n) is 3.85. The lowest BCUT2D eigenvalue weighted by Gasteiger charge is -2.39. The molecule has 3 rings (SSSR count). The van der Waals surface area contributed by atoms with E-state index in [1.807, 2.05) is 0 Å². The summed E-state index contributed by atoms with van der Waals surface area (Å²) in [6.45, 7) is 2.58. The Balaban J connectivity index is 1.50. The highest BCUT2D eigenvalue weighted by Gasteiger charge is 2.40. The molecular weight excluding hydrogens is 210 g/mol. The first-order valence-corrected chi connectivity index (χ1v) is 7.41. The maximum Gasteiger partial charge on any atom is 0.0115 e. The highest BCUT2D eigenvalue weighted by Crippen LogP contribution is 2.35. The van der Waals surface area contributed by atoms with E-state index in [0.717, 1.165) is 24.2 Å². The van der Waals surface area contributed by atoms with Gasteiger partial charge in [0.25, 0.3) is 0 Å². The summed E-state index contributed by atoms with van der Waals surface area (Å²) in [4.78, 5) is 5.39. The number of hydrogen-bond donors (Lipinski definition) is 1. The van der Waals surface area contributed by atoms with Gasteiger partial charge in [0.1, 0.15) is 0 Å². The first-order chi connectivity index (χ1) is 8.28. The summed E-state index contributed by atoms with van der Waals surface area (Å²) in [6.07, 6.45) is 8.50. The Labute approximate surface area is 106 Å². The number of nitrogens with zero attached hydrogens (tertiary/aromatic N) is 2. The number of likely N-dealkylation sites (N-methyl/N-ethyl adjacent to an activating group) is 1. The van der Waals surface area contributed by atoms with E-state index in [9.17, 15) is 0 Å². The maximum atomic E-state index is 3.48. The van der Waals surface area contributed by atoms with Crippen molar-refractivity contribution in [2.75, 3.05) is 27.2 Å². The van der Waals surface area contributed by atoms with Gasteiger partial charge in [-0.15, -0.1) is 0 Å². The Morgan fingerprint density at radius 2 is 1.76 bits per heavy atom. The van der Waals surface area contributed by atoms with E-state index < -0.39 is 0 Å². The minimum absolute atomic E-state index is 0.782. The van der Waals surface area contributed by atoms with Crippen LogP contribution in [0.4, 0.5) is 0 Å². The minimum atomic E-state index is 0.782. The molecule has 2 aliphatic heterocycles. The fourth-order valence-corrected chi connectivity index (χ4v) is 3.85. The second-order valence-corrected chi connectivity index (χ2v) is 6.29. The van der Waals surface area contributed by atoms with Gasteiger partial charge in [-0.05, 0) is 52.6 Å². The van der Waals surface area contributed by atoms with Gasteiger partial charge >= 0.3 is 0 Å². The van der Waals surface area contributed by atoms with Gasteiger partial charge in [-0.25, -0.2) is 0 Å². The van der Waals surface area contributed by atoms with E-state index in [1.165, 1.54) is 51.6 Å². The molecule has 1 aliphatic carbocycles. The summed E-state index contributed by atoms with van der Waals surface area (Å²) in [5, 5.41) is 3.48. The van der Waals surface area contributed by atoms with Crippen molar-refractivity contribution in [1.82, 2.24) is 15.1 Å². The summed E-state index contributed by atoms with van der Waals surface area (Å²) in [6, 6.07) is 3.45. The molecule has 1 saturated carbocycles. The van der Waals surface area contributed by atoms with Crippen LogP contribution in [0.2, 0.25) is 0 Å². The Morgan fingerprint density at radius 3 is 2.29 bits per heavy atom. The van der Waals surface area contributed by atoms with Gasteiger partial charge in [0, 0.05) is 37.3 Å². The average Bonchev–Trinajstić information content (AvgIpc) is 3.14. The van der Waals surface area contributed by atoms with E-state index in [4.69, 9.17) is 0 Å². The third kappa shape index (κ3) is 2.51. The molecule has 3 fully saturated rings. The molecule has 2 saturated heterocycles. The van der Waals surface area contributed by atoms with Crippen LogP contribution in [-0.4, -0.2) is 61.2 Å². The van der Waals surface area contributed by atoms with Crippen LogP contribution in [0.15, 0.2) is 0 Å². The third-order valence-corrected chi connectivity index (χ3v) is 5.17. The van der Waals surface area contributed by atoms with Crippen molar-refractivity contribution in [2.24, 2.45) is 0 Å². The summed E-state index contributed by atoms with van der Waals surface area (Å²) in [7, 11) is 4.43. The van der Waals surface area contributed by atoms with Gasteiger partial charge in [-0.1, -0.05) is 0 Å². The lowest BCUT2D eigenvalue weighted by molar-refractivity contribution is 0.106. The van der Waals surface area contributed by atoms with E-state index in [0.29, 0.717) is 0 Å². The highest BCUT2D eigenvalue weighted by molar-refractivity contribution is 4.97. The lowest BCUT2D eigenvalue weighted by atomic mass is 9.97. The quantitative estimate of drug-likeness (QED) is 0.777. The van der Waals surface area contributed by atoms with Gasteiger partial charge in [0.2, 0.25) is 0 Å². The predicted molar refractivity (Wildman–Crippen MR) is 71.2 cm³/mol. The SMILES string of the molecule is CNC1CC2CCC(C1)N2CCN(C)C1CC1. The van der Waals surface area contributed by atoms with Crippen LogP contribution in [0.25, 0.3) is 0 Å². The number of hydrogen-bond acceptors (Lipinski definition) is 3. The number of fused-ring (bicyclic) bond motifs is 2. The monoisotopic (exact) mass is 237 g/mol. The van der Waals surface area contributed by atoms with Crippen molar-refractivity contribution in [3.8, 4) is 0 Å². The van der Waals surface area contributed by atoms with Crippen molar-refractivity contribution in [1.29, 1.82) is 0 Å². The Morgan fingerprint density at radius 1 is 1.12 bits per heavy atom. The number of nitrogens with one attached hydrogen (secondary N) is 1. The van der Waals surface area contributed by atoms with Gasteiger partial charge in [0.05, 0.1) is 0 Å². The summed E-state index contributed by atoms with van der Waals surface area (Å²) >= 11 is 0. The molecule has 2 unspecified atom stereocenters. The highest BCUT2D eigenvalue weighted by atomic mass is 15.3. The molecule has 0 aromatic heterocycles. The van der Waals surface area contributed by atoms with E-state index >= 15 is 0 Å². The largest absolute Gasteiger partial charge is 0.317 e. The van der Waals surface area contributed by atoms with E-state index in [-0.39, 0.29) is 0 Å². The molecule has 17 heavy (non-hydrogen) atoms. The molecule has 2 bridgehead atoms. The predicted octanol–water partition coefficient (Wildman–Crippen LogP) is 1.30. The zero-order chi connectivity index (χ0) is 11.8. The summed E-state index contributed by atoms with van der Waals surface area (Å²) in [5.74, 6) is 0. The molecule has 2 atom stereocenters. The molecule has 0 amide bonds. The molecule has 0 aromatic carbocycles. The first-order valence-electron chi connectivity index (χ1n) is 7.41. The van der Waals surface area contributed by atoms with Crippen LogP contribution in [0.1, 0.15) is 38.5 Å². The molecular formula is C14H27N3. The van der Waals surface area contributed by atoms with E-state index in [2.05, 4.69) is 29.2 Å². The van der Waals surface area contributed by atoms with Crippen LogP contribution in [-0.2, 0) is 0 Å². The standard InChI is InChI=1S/C14H27N3/c1-15-11-9-13-5-6-14(10-11)17(13)8-7-16(2)12-3-4-12/h11-15H,3-10H2,1-2H3.